The molecule has 4 heteroatoms. The smallest absolute Gasteiger partial charge is 0.273 e. The summed E-state index contributed by atoms with van der Waals surface area (Å²) in [6.07, 6.45) is 0. The average Bonchev–Trinajstić information content (AvgIpc) is 2.12. The summed E-state index contributed by atoms with van der Waals surface area (Å²) in [5.41, 5.74) is 0. The summed E-state index contributed by atoms with van der Waals surface area (Å²) >= 11 is 1.08. The first-order valence-corrected chi connectivity index (χ1v) is 3.71. The third kappa shape index (κ3) is 1.08. The van der Waals surface area contributed by atoms with E-state index < -0.39 is 0 Å². The number of carbonyl (C=O) groups excluding carboxylic acids is 2. The third-order valence-electron chi connectivity index (χ3n) is 1.16. The van der Waals surface area contributed by atoms with Crippen molar-refractivity contribution in [3.05, 3.63) is 0 Å². The molecule has 1 aliphatic heterocycles. The molecule has 1 heterocycles. The van der Waals surface area contributed by atoms with Crippen LogP contribution >= 0.6 is 11.8 Å². The first-order valence-electron chi connectivity index (χ1n) is 2.73. The highest BCUT2D eigenvalue weighted by Crippen LogP contribution is 2.17. The maximum absolute atomic E-state index is 10.7. The molecule has 0 unspecified atom stereocenters. The molecule has 0 aromatic rings. The van der Waals surface area contributed by atoms with Gasteiger partial charge in [-0.15, -0.1) is 0 Å². The van der Waals surface area contributed by atoms with Gasteiger partial charge >= 0.3 is 0 Å². The van der Waals surface area contributed by atoms with Crippen molar-refractivity contribution in [2.45, 2.75) is 6.92 Å². The van der Waals surface area contributed by atoms with Crippen molar-refractivity contribution in [1.29, 1.82) is 0 Å². The lowest BCUT2D eigenvalue weighted by atomic mass is 10.5. The van der Waals surface area contributed by atoms with E-state index in [9.17, 15) is 9.59 Å². The Morgan fingerprint density at radius 1 is 1.67 bits per heavy atom. The van der Waals surface area contributed by atoms with Crippen molar-refractivity contribution in [2.75, 3.05) is 12.3 Å². The molecule has 50 valence electrons. The summed E-state index contributed by atoms with van der Waals surface area (Å²) in [7, 11) is 0. The fourth-order valence-corrected chi connectivity index (χ4v) is 1.48. The van der Waals surface area contributed by atoms with Gasteiger partial charge in [0.05, 0.1) is 5.75 Å². The molecule has 1 fully saturated rings. The highest BCUT2D eigenvalue weighted by Gasteiger charge is 2.27. The fourth-order valence-electron chi connectivity index (χ4n) is 0.687. The number of carbonyl (C=O) groups is 2. The van der Waals surface area contributed by atoms with Crippen LogP contribution in [0.3, 0.4) is 0 Å². The number of hydrogen-bond donors (Lipinski definition) is 0. The van der Waals surface area contributed by atoms with E-state index in [1.807, 2.05) is 0 Å². The van der Waals surface area contributed by atoms with Gasteiger partial charge in [-0.2, -0.15) is 0 Å². The minimum Gasteiger partial charge on any atom is -0.273 e. The van der Waals surface area contributed by atoms with Gasteiger partial charge in [-0.25, -0.2) is 0 Å². The number of amides is 2. The van der Waals surface area contributed by atoms with Crippen LogP contribution < -0.4 is 0 Å². The second-order valence-corrected chi connectivity index (χ2v) is 2.62. The average molecular weight is 145 g/mol. The summed E-state index contributed by atoms with van der Waals surface area (Å²) in [5, 5.41) is -0.109. The Morgan fingerprint density at radius 2 is 2.33 bits per heavy atom. The van der Waals surface area contributed by atoms with Gasteiger partial charge in [-0.05, 0) is 6.92 Å². The zero-order valence-corrected chi connectivity index (χ0v) is 5.90. The van der Waals surface area contributed by atoms with Crippen LogP contribution in [0.4, 0.5) is 4.79 Å². The molecule has 0 atom stereocenters. The summed E-state index contributed by atoms with van der Waals surface area (Å²) < 4.78 is 0. The number of thioether (sulfide) groups is 1. The molecule has 1 rings (SSSR count). The van der Waals surface area contributed by atoms with Gasteiger partial charge < -0.3 is 0 Å². The van der Waals surface area contributed by atoms with E-state index in [0.717, 1.165) is 11.8 Å². The quantitative estimate of drug-likeness (QED) is 0.545. The van der Waals surface area contributed by atoms with Gasteiger partial charge in [-0.1, -0.05) is 11.8 Å². The molecule has 1 saturated heterocycles. The van der Waals surface area contributed by atoms with Crippen LogP contribution in [0.25, 0.3) is 0 Å². The lowest BCUT2D eigenvalue weighted by molar-refractivity contribution is -0.124. The molecule has 0 saturated carbocycles. The highest BCUT2D eigenvalue weighted by atomic mass is 32.2. The maximum atomic E-state index is 10.7. The van der Waals surface area contributed by atoms with Gasteiger partial charge in [0, 0.05) is 6.54 Å². The summed E-state index contributed by atoms with van der Waals surface area (Å²) in [6, 6.07) is 0. The van der Waals surface area contributed by atoms with Crippen molar-refractivity contribution in [1.82, 2.24) is 4.90 Å². The molecule has 9 heavy (non-hydrogen) atoms. The Morgan fingerprint density at radius 3 is 2.56 bits per heavy atom. The van der Waals surface area contributed by atoms with Crippen LogP contribution in [-0.2, 0) is 4.79 Å². The molecule has 1 aliphatic rings. The standard InChI is InChI=1S/C5H7NO2S/c1-2-6-4(7)3-9-5(6)8/h2-3H2,1H3. The lowest BCUT2D eigenvalue weighted by Crippen LogP contribution is -2.27. The minimum absolute atomic E-state index is 0.0625. The zero-order valence-electron chi connectivity index (χ0n) is 5.09. The molecule has 0 aromatic carbocycles. The number of nitrogens with zero attached hydrogens (tertiary/aromatic N) is 1. The molecule has 0 bridgehead atoms. The van der Waals surface area contributed by atoms with Gasteiger partial charge in [0.2, 0.25) is 5.91 Å². The van der Waals surface area contributed by atoms with Crippen molar-refractivity contribution in [2.24, 2.45) is 0 Å². The molecular weight excluding hydrogens is 138 g/mol. The van der Waals surface area contributed by atoms with Crippen molar-refractivity contribution in [3.8, 4) is 0 Å². The predicted octanol–water partition coefficient (Wildman–Crippen LogP) is 0.702. The van der Waals surface area contributed by atoms with E-state index in [-0.39, 0.29) is 11.1 Å². The Kier molecular flexibility index (Phi) is 1.75. The van der Waals surface area contributed by atoms with Crippen LogP contribution in [0.2, 0.25) is 0 Å². The number of imide groups is 1. The number of hydrogen-bond acceptors (Lipinski definition) is 3. The molecular formula is C5H7NO2S. The first-order chi connectivity index (χ1) is 4.25. The summed E-state index contributed by atoms with van der Waals surface area (Å²) in [5.74, 6) is 0.264. The lowest BCUT2D eigenvalue weighted by Gasteiger charge is -2.06. The molecule has 0 spiro atoms. The van der Waals surface area contributed by atoms with Crippen LogP contribution in [0.15, 0.2) is 0 Å². The minimum atomic E-state index is -0.109. The van der Waals surface area contributed by atoms with Crippen molar-refractivity contribution < 1.29 is 9.59 Å². The van der Waals surface area contributed by atoms with Crippen LogP contribution in [-0.4, -0.2) is 28.3 Å². The predicted molar refractivity (Wildman–Crippen MR) is 35.2 cm³/mol. The van der Waals surface area contributed by atoms with E-state index in [2.05, 4.69) is 0 Å². The SMILES string of the molecule is CCN1C(=O)CSC1=O. The van der Waals surface area contributed by atoms with E-state index >= 15 is 0 Å². The van der Waals surface area contributed by atoms with Gasteiger partial charge in [0.15, 0.2) is 0 Å². The monoisotopic (exact) mass is 145 g/mol. The molecule has 0 aliphatic carbocycles. The fraction of sp³-hybridized carbons (Fsp3) is 0.600. The Bertz CT molecular complexity index is 141. The molecule has 0 radical (unpaired) electrons. The van der Waals surface area contributed by atoms with E-state index in [1.165, 1.54) is 4.90 Å². The second-order valence-electron chi connectivity index (χ2n) is 1.69. The van der Waals surface area contributed by atoms with E-state index in [0.29, 0.717) is 12.3 Å². The highest BCUT2D eigenvalue weighted by molar-refractivity contribution is 8.14. The van der Waals surface area contributed by atoms with Crippen molar-refractivity contribution >= 4 is 22.9 Å². The Balaban J connectivity index is 2.66. The summed E-state index contributed by atoms with van der Waals surface area (Å²) in [4.78, 5) is 22.6. The molecule has 0 aromatic heterocycles. The first kappa shape index (κ1) is 6.61. The topological polar surface area (TPSA) is 37.4 Å². The van der Waals surface area contributed by atoms with Crippen LogP contribution in [0.5, 0.6) is 0 Å². The van der Waals surface area contributed by atoms with Crippen molar-refractivity contribution in [3.63, 3.8) is 0 Å². The van der Waals surface area contributed by atoms with Crippen LogP contribution in [0, 0.1) is 0 Å². The second kappa shape index (κ2) is 2.39. The van der Waals surface area contributed by atoms with Gasteiger partial charge in [0.1, 0.15) is 0 Å². The molecule has 2 amide bonds. The normalized spacial score (nSPS) is 19.4. The van der Waals surface area contributed by atoms with Crippen LogP contribution in [0.1, 0.15) is 6.92 Å². The van der Waals surface area contributed by atoms with E-state index in [4.69, 9.17) is 0 Å². The largest absolute Gasteiger partial charge is 0.288 e. The van der Waals surface area contributed by atoms with E-state index in [1.54, 1.807) is 6.92 Å². The molecule has 3 nitrogen and oxygen atoms in total. The zero-order chi connectivity index (χ0) is 6.85. The molecule has 0 N–H and O–H groups in total. The number of rotatable bonds is 1. The van der Waals surface area contributed by atoms with Gasteiger partial charge in [-0.3, -0.25) is 14.5 Å². The third-order valence-corrected chi connectivity index (χ3v) is 2.02. The maximum Gasteiger partial charge on any atom is 0.288 e. The summed E-state index contributed by atoms with van der Waals surface area (Å²) in [6.45, 7) is 2.30. The Labute approximate surface area is 57.4 Å². The Hall–Kier alpha value is -0.510. The van der Waals surface area contributed by atoms with Gasteiger partial charge in [0.25, 0.3) is 5.24 Å².